The van der Waals surface area contributed by atoms with Gasteiger partial charge in [-0.1, -0.05) is 17.7 Å². The van der Waals surface area contributed by atoms with Gasteiger partial charge in [-0.25, -0.2) is 0 Å². The minimum absolute atomic E-state index is 0.138. The molecule has 6 nitrogen and oxygen atoms in total. The van der Waals surface area contributed by atoms with Crippen molar-refractivity contribution in [2.24, 2.45) is 0 Å². The van der Waals surface area contributed by atoms with E-state index in [1.807, 2.05) is 19.1 Å². The number of rotatable bonds is 8. The summed E-state index contributed by atoms with van der Waals surface area (Å²) in [5.41, 5.74) is 1.57. The van der Waals surface area contributed by atoms with Crippen LogP contribution in [0.5, 0.6) is 0 Å². The first kappa shape index (κ1) is 18.7. The molecule has 2 N–H and O–H groups in total. The molecular weight excluding hydrogens is 296 g/mol. The lowest BCUT2D eigenvalue weighted by molar-refractivity contribution is -0.147. The molecule has 6 heteroatoms. The summed E-state index contributed by atoms with van der Waals surface area (Å²) in [5, 5.41) is 5.31. The maximum absolute atomic E-state index is 11.9. The van der Waals surface area contributed by atoms with E-state index < -0.39 is 0 Å². The largest absolute Gasteiger partial charge is 0.463 e. The highest BCUT2D eigenvalue weighted by Gasteiger charge is 2.08. The van der Waals surface area contributed by atoms with Crippen molar-refractivity contribution < 1.29 is 19.1 Å². The second-order valence-electron chi connectivity index (χ2n) is 5.51. The first-order valence-electron chi connectivity index (χ1n) is 7.69. The van der Waals surface area contributed by atoms with Crippen LogP contribution in [-0.4, -0.2) is 37.0 Å². The van der Waals surface area contributed by atoms with E-state index in [0.29, 0.717) is 5.56 Å². The predicted octanol–water partition coefficient (Wildman–Crippen LogP) is 1.57. The second kappa shape index (κ2) is 9.61. The molecule has 23 heavy (non-hydrogen) atoms. The zero-order valence-corrected chi connectivity index (χ0v) is 13.8. The summed E-state index contributed by atoms with van der Waals surface area (Å²) < 4.78 is 4.96. The van der Waals surface area contributed by atoms with Gasteiger partial charge in [-0.15, -0.1) is 0 Å². The zero-order chi connectivity index (χ0) is 17.2. The molecule has 126 valence electrons. The van der Waals surface area contributed by atoms with Crippen molar-refractivity contribution in [3.63, 3.8) is 0 Å². The maximum Gasteiger partial charge on any atom is 0.307 e. The first-order valence-corrected chi connectivity index (χ1v) is 7.69. The Morgan fingerprint density at radius 3 is 2.43 bits per heavy atom. The van der Waals surface area contributed by atoms with E-state index in [1.54, 1.807) is 26.0 Å². The third-order valence-corrected chi connectivity index (χ3v) is 2.94. The molecule has 0 radical (unpaired) electrons. The van der Waals surface area contributed by atoms with Gasteiger partial charge in [-0.2, -0.15) is 0 Å². The molecule has 0 bridgehead atoms. The Balaban J connectivity index is 2.19. The van der Waals surface area contributed by atoms with E-state index in [-0.39, 0.29) is 49.8 Å². The Kier molecular flexibility index (Phi) is 7.80. The van der Waals surface area contributed by atoms with Gasteiger partial charge >= 0.3 is 5.97 Å². The molecule has 1 aromatic carbocycles. The molecule has 0 unspecified atom stereocenters. The molecule has 1 aromatic rings. The molecule has 0 aliphatic heterocycles. The highest BCUT2D eigenvalue weighted by Crippen LogP contribution is 2.03. The van der Waals surface area contributed by atoms with E-state index >= 15 is 0 Å². The van der Waals surface area contributed by atoms with Crippen LogP contribution in [0.2, 0.25) is 0 Å². The van der Waals surface area contributed by atoms with Gasteiger partial charge in [-0.05, 0) is 32.9 Å². The van der Waals surface area contributed by atoms with Crippen molar-refractivity contribution in [1.29, 1.82) is 0 Å². The number of nitrogens with one attached hydrogen (secondary N) is 2. The third kappa shape index (κ3) is 7.99. The molecule has 0 aliphatic rings. The van der Waals surface area contributed by atoms with Gasteiger partial charge in [0.1, 0.15) is 0 Å². The SMILES string of the molecule is Cc1cccc(C(=O)NCCC(=O)NCCC(=O)OC(C)C)c1. The fraction of sp³-hybridized carbons (Fsp3) is 0.471. The number of benzene rings is 1. The Morgan fingerprint density at radius 2 is 1.78 bits per heavy atom. The van der Waals surface area contributed by atoms with E-state index in [2.05, 4.69) is 10.6 Å². The highest BCUT2D eigenvalue weighted by atomic mass is 16.5. The monoisotopic (exact) mass is 320 g/mol. The van der Waals surface area contributed by atoms with Crippen LogP contribution >= 0.6 is 0 Å². The number of hydrogen-bond acceptors (Lipinski definition) is 4. The van der Waals surface area contributed by atoms with Gasteiger partial charge in [0.05, 0.1) is 12.5 Å². The average Bonchev–Trinajstić information content (AvgIpc) is 2.46. The maximum atomic E-state index is 11.9. The number of aryl methyl sites for hydroxylation is 1. The lowest BCUT2D eigenvalue weighted by Gasteiger charge is -2.09. The quantitative estimate of drug-likeness (QED) is 0.712. The summed E-state index contributed by atoms with van der Waals surface area (Å²) in [6.45, 7) is 5.93. The van der Waals surface area contributed by atoms with E-state index in [1.165, 1.54) is 0 Å². The molecule has 0 heterocycles. The van der Waals surface area contributed by atoms with Crippen molar-refractivity contribution in [3.8, 4) is 0 Å². The van der Waals surface area contributed by atoms with Crippen LogP contribution in [0.1, 0.15) is 42.6 Å². The summed E-state index contributed by atoms with van der Waals surface area (Å²) in [6, 6.07) is 7.24. The Morgan fingerprint density at radius 1 is 1.09 bits per heavy atom. The summed E-state index contributed by atoms with van der Waals surface area (Å²) in [7, 11) is 0. The molecule has 2 amide bonds. The summed E-state index contributed by atoms with van der Waals surface area (Å²) in [6.07, 6.45) is 0.145. The Bertz CT molecular complexity index is 555. The minimum Gasteiger partial charge on any atom is -0.463 e. The van der Waals surface area contributed by atoms with Crippen LogP contribution < -0.4 is 10.6 Å². The smallest absolute Gasteiger partial charge is 0.307 e. The van der Waals surface area contributed by atoms with Crippen LogP contribution in [0.15, 0.2) is 24.3 Å². The Labute approximate surface area is 136 Å². The van der Waals surface area contributed by atoms with Crippen molar-refractivity contribution in [3.05, 3.63) is 35.4 Å². The first-order chi connectivity index (χ1) is 10.9. The molecule has 0 aromatic heterocycles. The molecule has 0 aliphatic carbocycles. The number of hydrogen-bond donors (Lipinski definition) is 2. The highest BCUT2D eigenvalue weighted by molar-refractivity contribution is 5.94. The van der Waals surface area contributed by atoms with Crippen LogP contribution in [0.4, 0.5) is 0 Å². The number of carbonyl (C=O) groups excluding carboxylic acids is 3. The zero-order valence-electron chi connectivity index (χ0n) is 13.8. The molecule has 0 atom stereocenters. The molecule has 0 saturated carbocycles. The van der Waals surface area contributed by atoms with Crippen LogP contribution in [-0.2, 0) is 14.3 Å². The lowest BCUT2D eigenvalue weighted by Crippen LogP contribution is -2.32. The number of carbonyl (C=O) groups is 3. The van der Waals surface area contributed by atoms with Crippen molar-refractivity contribution in [2.45, 2.75) is 39.7 Å². The topological polar surface area (TPSA) is 84.5 Å². The number of ether oxygens (including phenoxy) is 1. The molecule has 1 rings (SSSR count). The summed E-state index contributed by atoms with van der Waals surface area (Å²) in [4.78, 5) is 34.8. The number of amides is 2. The third-order valence-electron chi connectivity index (χ3n) is 2.94. The molecule has 0 saturated heterocycles. The lowest BCUT2D eigenvalue weighted by atomic mass is 10.1. The minimum atomic E-state index is -0.340. The molecular formula is C17H24N2O4. The van der Waals surface area contributed by atoms with Gasteiger partial charge in [0, 0.05) is 25.1 Å². The van der Waals surface area contributed by atoms with Gasteiger partial charge < -0.3 is 15.4 Å². The van der Waals surface area contributed by atoms with Crippen LogP contribution in [0.3, 0.4) is 0 Å². The molecule has 0 fully saturated rings. The van der Waals surface area contributed by atoms with Crippen molar-refractivity contribution in [1.82, 2.24) is 10.6 Å². The standard InChI is InChI=1S/C17H24N2O4/c1-12(2)23-16(21)8-10-18-15(20)7-9-19-17(22)14-6-4-5-13(3)11-14/h4-6,11-12H,7-10H2,1-3H3,(H,18,20)(H,19,22). The number of esters is 1. The van der Waals surface area contributed by atoms with Crippen molar-refractivity contribution in [2.75, 3.05) is 13.1 Å². The fourth-order valence-corrected chi connectivity index (χ4v) is 1.89. The molecule has 0 spiro atoms. The normalized spacial score (nSPS) is 10.3. The summed E-state index contributed by atoms with van der Waals surface area (Å²) >= 11 is 0. The van der Waals surface area contributed by atoms with Crippen LogP contribution in [0, 0.1) is 6.92 Å². The van der Waals surface area contributed by atoms with Gasteiger partial charge in [0.15, 0.2) is 0 Å². The van der Waals surface area contributed by atoms with Gasteiger partial charge in [-0.3, -0.25) is 14.4 Å². The Hall–Kier alpha value is -2.37. The van der Waals surface area contributed by atoms with E-state index in [9.17, 15) is 14.4 Å². The van der Waals surface area contributed by atoms with E-state index in [4.69, 9.17) is 4.74 Å². The predicted molar refractivity (Wildman–Crippen MR) is 87.0 cm³/mol. The van der Waals surface area contributed by atoms with Crippen LogP contribution in [0.25, 0.3) is 0 Å². The van der Waals surface area contributed by atoms with E-state index in [0.717, 1.165) is 5.56 Å². The average molecular weight is 320 g/mol. The van der Waals surface area contributed by atoms with Crippen molar-refractivity contribution >= 4 is 17.8 Å². The van der Waals surface area contributed by atoms with Gasteiger partial charge in [0.2, 0.25) is 5.91 Å². The summed E-state index contributed by atoms with van der Waals surface area (Å²) in [5.74, 6) is -0.762. The second-order valence-corrected chi connectivity index (χ2v) is 5.51. The van der Waals surface area contributed by atoms with Gasteiger partial charge in [0.25, 0.3) is 5.91 Å². The fourth-order valence-electron chi connectivity index (χ4n) is 1.89.